The van der Waals surface area contributed by atoms with E-state index in [1.165, 1.54) is 42.1 Å². The molecule has 2 heteroatoms. The van der Waals surface area contributed by atoms with Crippen LogP contribution in [-0.4, -0.2) is 5.12 Å². The van der Waals surface area contributed by atoms with Crippen molar-refractivity contribution in [2.45, 2.75) is 53.9 Å². The molecule has 0 fully saturated rings. The fraction of sp³-hybridized carbons (Fsp3) is 0.450. The number of carbonyl (C=O) groups excluding carboxylic acids is 1. The van der Waals surface area contributed by atoms with E-state index < -0.39 is 0 Å². The minimum Gasteiger partial charge on any atom is -0.277 e. The molecule has 0 bridgehead atoms. The Labute approximate surface area is 141 Å². The maximum atomic E-state index is 10.8. The van der Waals surface area contributed by atoms with Crippen molar-refractivity contribution in [1.82, 2.24) is 0 Å². The second-order valence-electron chi connectivity index (χ2n) is 6.74. The molecular weight excluding hydrogens is 288 g/mol. The molecule has 0 amide bonds. The fourth-order valence-electron chi connectivity index (χ4n) is 2.87. The van der Waals surface area contributed by atoms with Gasteiger partial charge in [0, 0.05) is 0 Å². The molecule has 0 unspecified atom stereocenters. The van der Waals surface area contributed by atoms with Crippen molar-refractivity contribution in [3.8, 4) is 0 Å². The third kappa shape index (κ3) is 6.15. The SMILES string of the molecule is CC1=C(/C=C/C(C)=C/C=C/C(C)=C/C(=O)[S])C(C)(C)CCC1. The molecule has 0 saturated carbocycles. The van der Waals surface area contributed by atoms with Crippen molar-refractivity contribution in [3.63, 3.8) is 0 Å². The first-order valence-electron chi connectivity index (χ1n) is 7.85. The molecule has 0 atom stereocenters. The second kappa shape index (κ2) is 8.28. The smallest absolute Gasteiger partial charge is 0.242 e. The van der Waals surface area contributed by atoms with Crippen LogP contribution >= 0.6 is 12.6 Å². The Balaban J connectivity index is 2.79. The van der Waals surface area contributed by atoms with Crippen molar-refractivity contribution in [2.24, 2.45) is 5.41 Å². The summed E-state index contributed by atoms with van der Waals surface area (Å²) in [5.74, 6) is 0. The molecule has 22 heavy (non-hydrogen) atoms. The number of hydrogen-bond donors (Lipinski definition) is 0. The van der Waals surface area contributed by atoms with Crippen LogP contribution in [-0.2, 0) is 4.79 Å². The number of allylic oxidation sites excluding steroid dienone is 9. The summed E-state index contributed by atoms with van der Waals surface area (Å²) in [6.45, 7) is 10.9. The summed E-state index contributed by atoms with van der Waals surface area (Å²) < 4.78 is 0. The Hall–Kier alpha value is -1.41. The van der Waals surface area contributed by atoms with Gasteiger partial charge in [0.05, 0.1) is 0 Å². The minimum atomic E-state index is -0.329. The van der Waals surface area contributed by atoms with E-state index in [2.05, 4.69) is 52.5 Å². The van der Waals surface area contributed by atoms with Gasteiger partial charge in [-0.25, -0.2) is 0 Å². The summed E-state index contributed by atoms with van der Waals surface area (Å²) in [6, 6.07) is 0. The molecule has 1 rings (SSSR count). The topological polar surface area (TPSA) is 17.1 Å². The third-order valence-electron chi connectivity index (χ3n) is 4.12. The van der Waals surface area contributed by atoms with Crippen molar-refractivity contribution >= 4 is 17.7 Å². The van der Waals surface area contributed by atoms with Crippen LogP contribution < -0.4 is 0 Å². The van der Waals surface area contributed by atoms with Crippen LogP contribution in [0.1, 0.15) is 53.9 Å². The Morgan fingerprint density at radius 1 is 1.18 bits per heavy atom. The number of carbonyl (C=O) groups is 1. The van der Waals surface area contributed by atoms with Gasteiger partial charge in [0.2, 0.25) is 5.12 Å². The highest BCUT2D eigenvalue weighted by Gasteiger charge is 2.26. The first-order valence-corrected chi connectivity index (χ1v) is 8.26. The summed E-state index contributed by atoms with van der Waals surface area (Å²) in [5.41, 5.74) is 5.33. The van der Waals surface area contributed by atoms with Gasteiger partial charge in [0.15, 0.2) is 0 Å². The summed E-state index contributed by atoms with van der Waals surface area (Å²) in [7, 11) is 0. The Morgan fingerprint density at radius 2 is 1.86 bits per heavy atom. The molecule has 1 radical (unpaired) electrons. The van der Waals surface area contributed by atoms with E-state index in [1.807, 2.05) is 25.2 Å². The zero-order valence-electron chi connectivity index (χ0n) is 14.4. The molecule has 0 aromatic rings. The highest BCUT2D eigenvalue weighted by Crippen LogP contribution is 2.40. The van der Waals surface area contributed by atoms with Crippen molar-refractivity contribution in [1.29, 1.82) is 0 Å². The molecule has 0 aromatic heterocycles. The van der Waals surface area contributed by atoms with Gasteiger partial charge in [0.1, 0.15) is 0 Å². The van der Waals surface area contributed by atoms with Gasteiger partial charge in [-0.1, -0.05) is 55.4 Å². The summed E-state index contributed by atoms with van der Waals surface area (Å²) in [6.07, 6.45) is 15.6. The summed E-state index contributed by atoms with van der Waals surface area (Å²) >= 11 is 4.52. The molecule has 0 N–H and O–H groups in total. The lowest BCUT2D eigenvalue weighted by Gasteiger charge is -2.32. The van der Waals surface area contributed by atoms with Crippen LogP contribution in [0.25, 0.3) is 0 Å². The molecule has 0 spiro atoms. The Morgan fingerprint density at radius 3 is 2.45 bits per heavy atom. The Bertz CT molecular complexity index is 569. The predicted molar refractivity (Wildman–Crippen MR) is 98.7 cm³/mol. The van der Waals surface area contributed by atoms with Crippen LogP contribution in [0.3, 0.4) is 0 Å². The van der Waals surface area contributed by atoms with E-state index in [4.69, 9.17) is 0 Å². The van der Waals surface area contributed by atoms with Crippen LogP contribution in [0.5, 0.6) is 0 Å². The van der Waals surface area contributed by atoms with Gasteiger partial charge in [0.25, 0.3) is 0 Å². The molecule has 119 valence electrons. The fourth-order valence-corrected chi connectivity index (χ4v) is 3.05. The van der Waals surface area contributed by atoms with E-state index >= 15 is 0 Å². The number of hydrogen-bond acceptors (Lipinski definition) is 1. The zero-order valence-corrected chi connectivity index (χ0v) is 15.2. The predicted octanol–water partition coefficient (Wildman–Crippen LogP) is 6.24. The first kappa shape index (κ1) is 18.6. The lowest BCUT2D eigenvalue weighted by molar-refractivity contribution is -0.106. The average Bonchev–Trinajstić information content (AvgIpc) is 2.36. The quantitative estimate of drug-likeness (QED) is 0.433. The molecule has 0 aliphatic heterocycles. The van der Waals surface area contributed by atoms with Crippen molar-refractivity contribution in [3.05, 3.63) is 58.7 Å². The molecule has 0 saturated heterocycles. The van der Waals surface area contributed by atoms with Gasteiger partial charge < -0.3 is 0 Å². The molecule has 1 aliphatic carbocycles. The van der Waals surface area contributed by atoms with Crippen LogP contribution in [0.4, 0.5) is 0 Å². The van der Waals surface area contributed by atoms with Gasteiger partial charge >= 0.3 is 0 Å². The minimum absolute atomic E-state index is 0.276. The van der Waals surface area contributed by atoms with E-state index in [-0.39, 0.29) is 10.5 Å². The maximum Gasteiger partial charge on any atom is 0.242 e. The van der Waals surface area contributed by atoms with Crippen molar-refractivity contribution in [2.75, 3.05) is 0 Å². The highest BCUT2D eigenvalue weighted by atomic mass is 32.1. The molecule has 0 heterocycles. The standard InChI is InChI=1S/C20H27OS/c1-15(8-6-9-16(2)14-19(21)22)11-12-18-17(3)10-7-13-20(18,4)5/h6,8-9,11-12,14H,7,10,13H2,1-5H3/b9-6+,12-11+,15-8+,16-14+. The second-order valence-corrected chi connectivity index (χ2v) is 7.14. The third-order valence-corrected chi connectivity index (χ3v) is 4.24. The van der Waals surface area contributed by atoms with E-state index in [0.29, 0.717) is 0 Å². The average molecular weight is 316 g/mol. The summed E-state index contributed by atoms with van der Waals surface area (Å²) in [5, 5.41) is -0.329. The van der Waals surface area contributed by atoms with E-state index in [0.717, 1.165) is 5.57 Å². The van der Waals surface area contributed by atoms with Crippen molar-refractivity contribution < 1.29 is 4.79 Å². The van der Waals surface area contributed by atoms with E-state index in [1.54, 1.807) is 0 Å². The van der Waals surface area contributed by atoms with Gasteiger partial charge in [-0.3, -0.25) is 4.79 Å². The lowest BCUT2D eigenvalue weighted by Crippen LogP contribution is -2.19. The first-order chi connectivity index (χ1) is 10.2. The van der Waals surface area contributed by atoms with Gasteiger partial charge in [-0.2, -0.15) is 0 Å². The largest absolute Gasteiger partial charge is 0.277 e. The van der Waals surface area contributed by atoms with E-state index in [9.17, 15) is 4.79 Å². The van der Waals surface area contributed by atoms with Gasteiger partial charge in [-0.15, -0.1) is 0 Å². The monoisotopic (exact) mass is 315 g/mol. The van der Waals surface area contributed by atoms with Gasteiger partial charge in [-0.05, 0) is 75.3 Å². The molecule has 0 aromatic carbocycles. The normalized spacial score (nSPS) is 20.2. The zero-order chi connectivity index (χ0) is 16.8. The number of rotatable bonds is 5. The highest BCUT2D eigenvalue weighted by molar-refractivity contribution is 7.97. The van der Waals surface area contributed by atoms with Crippen LogP contribution in [0, 0.1) is 5.41 Å². The van der Waals surface area contributed by atoms with Crippen LogP contribution in [0.15, 0.2) is 58.7 Å². The summed E-state index contributed by atoms with van der Waals surface area (Å²) in [4.78, 5) is 10.8. The molecular formula is C20H27OS. The Kier molecular flexibility index (Phi) is 7.02. The molecule has 1 nitrogen and oxygen atoms in total. The lowest BCUT2D eigenvalue weighted by atomic mass is 9.72. The molecule has 1 aliphatic rings. The maximum absolute atomic E-state index is 10.8. The van der Waals surface area contributed by atoms with Crippen LogP contribution in [0.2, 0.25) is 0 Å².